The second-order valence-corrected chi connectivity index (χ2v) is 12.7. The van der Waals surface area contributed by atoms with Crippen molar-refractivity contribution in [3.63, 3.8) is 0 Å². The van der Waals surface area contributed by atoms with E-state index in [4.69, 9.17) is 0 Å². The van der Waals surface area contributed by atoms with Crippen LogP contribution in [0.15, 0.2) is 71.1 Å². The number of likely N-dealkylation sites (N-methyl/N-ethyl adjacent to an activating group) is 1. The number of benzene rings is 2. The molecule has 2 heterocycles. The van der Waals surface area contributed by atoms with E-state index in [1.165, 1.54) is 12.5 Å². The maximum atomic E-state index is 14.0. The molecular formula is C36H54F2N5OP. The van der Waals surface area contributed by atoms with Gasteiger partial charge in [0.2, 0.25) is 0 Å². The third-order valence-corrected chi connectivity index (χ3v) is 8.57. The molecule has 3 unspecified atom stereocenters. The number of piperazine rings is 1. The third-order valence-electron chi connectivity index (χ3n) is 7.34. The molecule has 0 bridgehead atoms. The van der Waals surface area contributed by atoms with Crippen LogP contribution >= 0.6 is 8.58 Å². The normalized spacial score (nSPS) is 19.1. The van der Waals surface area contributed by atoms with Gasteiger partial charge in [0.25, 0.3) is 12.3 Å². The van der Waals surface area contributed by atoms with Crippen LogP contribution in [0.25, 0.3) is 0 Å². The fourth-order valence-corrected chi connectivity index (χ4v) is 6.03. The van der Waals surface area contributed by atoms with Crippen molar-refractivity contribution in [1.29, 1.82) is 0 Å². The average Bonchev–Trinajstić information content (AvgIpc) is 3.03. The first-order chi connectivity index (χ1) is 21.6. The number of anilines is 1. The van der Waals surface area contributed by atoms with E-state index >= 15 is 0 Å². The molecule has 2 aromatic rings. The SMILES string of the molecule is C=C1PC(NC(C)c2cccc(NC(=O)c3ccc(CN4CCN(C)CC4)c(C(F)F)c3)c2)C=N/C1=C/CCC.CC.CCC. The minimum absolute atomic E-state index is 0.00840. The number of carbonyl (C=O) groups excluding carboxylic acids is 1. The molecule has 0 spiro atoms. The van der Waals surface area contributed by atoms with Gasteiger partial charge in [-0.2, -0.15) is 0 Å². The van der Waals surface area contributed by atoms with E-state index in [0.717, 1.165) is 55.6 Å². The number of rotatable bonds is 10. The Morgan fingerprint density at radius 3 is 2.42 bits per heavy atom. The van der Waals surface area contributed by atoms with Crippen LogP contribution in [0.1, 0.15) is 100 Å². The Balaban J connectivity index is 0.00000133. The summed E-state index contributed by atoms with van der Waals surface area (Å²) in [6.45, 7) is 20.6. The van der Waals surface area contributed by atoms with Gasteiger partial charge in [0.05, 0.1) is 11.5 Å². The number of unbranched alkanes of at least 4 members (excludes halogenated alkanes) is 1. The largest absolute Gasteiger partial charge is 0.322 e. The molecule has 0 radical (unpaired) electrons. The lowest BCUT2D eigenvalue weighted by Gasteiger charge is -2.32. The van der Waals surface area contributed by atoms with Crippen molar-refractivity contribution >= 4 is 26.4 Å². The van der Waals surface area contributed by atoms with E-state index in [2.05, 4.69) is 72.8 Å². The first kappa shape index (κ1) is 38.4. The maximum absolute atomic E-state index is 14.0. The minimum atomic E-state index is -2.65. The summed E-state index contributed by atoms with van der Waals surface area (Å²) < 4.78 is 27.9. The highest BCUT2D eigenvalue weighted by Crippen LogP contribution is 2.37. The van der Waals surface area contributed by atoms with Gasteiger partial charge in [-0.15, -0.1) is 0 Å². The maximum Gasteiger partial charge on any atom is 0.264 e. The van der Waals surface area contributed by atoms with E-state index in [0.29, 0.717) is 26.4 Å². The number of nitrogens with zero attached hydrogens (tertiary/aromatic N) is 3. The molecule has 2 aliphatic rings. The van der Waals surface area contributed by atoms with Crippen LogP contribution in [0, 0.1) is 0 Å². The Hall–Kier alpha value is -2.77. The van der Waals surface area contributed by atoms with Crippen LogP contribution in [0.3, 0.4) is 0 Å². The molecule has 6 nitrogen and oxygen atoms in total. The summed E-state index contributed by atoms with van der Waals surface area (Å²) in [5.41, 5.74) is 3.31. The zero-order valence-electron chi connectivity index (χ0n) is 28.3. The van der Waals surface area contributed by atoms with Crippen molar-refractivity contribution in [3.05, 3.63) is 88.4 Å². The Bertz CT molecular complexity index is 1270. The van der Waals surface area contributed by atoms with Crippen LogP contribution in [0.2, 0.25) is 0 Å². The second kappa shape index (κ2) is 20.4. The zero-order valence-corrected chi connectivity index (χ0v) is 29.3. The Morgan fingerprint density at radius 1 is 1.11 bits per heavy atom. The van der Waals surface area contributed by atoms with Crippen molar-refractivity contribution in [2.45, 2.75) is 85.6 Å². The molecule has 4 rings (SSSR count). The number of aliphatic imine (C=N–C) groups is 1. The van der Waals surface area contributed by atoms with E-state index in [1.54, 1.807) is 18.2 Å². The number of hydrogen-bond donors (Lipinski definition) is 2. The van der Waals surface area contributed by atoms with E-state index in [1.807, 2.05) is 38.3 Å². The molecule has 1 fully saturated rings. The molecule has 2 aromatic carbocycles. The first-order valence-corrected chi connectivity index (χ1v) is 17.4. The Kier molecular flexibility index (Phi) is 17.4. The molecular weight excluding hydrogens is 587 g/mol. The third kappa shape index (κ3) is 12.5. The van der Waals surface area contributed by atoms with Gasteiger partial charge in [-0.3, -0.25) is 20.0 Å². The molecule has 1 saturated heterocycles. The van der Waals surface area contributed by atoms with Crippen LogP contribution in [0.5, 0.6) is 0 Å². The topological polar surface area (TPSA) is 60.0 Å². The number of halogens is 2. The molecule has 2 N–H and O–H groups in total. The fraction of sp³-hybridized carbons (Fsp3) is 0.500. The van der Waals surface area contributed by atoms with Gasteiger partial charge in [0, 0.05) is 61.8 Å². The summed E-state index contributed by atoms with van der Waals surface area (Å²) in [6, 6.07) is 12.2. The lowest BCUT2D eigenvalue weighted by Crippen LogP contribution is -2.44. The number of hydrogen-bond acceptors (Lipinski definition) is 5. The molecule has 2 aliphatic heterocycles. The lowest BCUT2D eigenvalue weighted by molar-refractivity contribution is 0.102. The molecule has 0 saturated carbocycles. The van der Waals surface area contributed by atoms with Crippen LogP contribution in [-0.4, -0.2) is 60.9 Å². The van der Waals surface area contributed by atoms with E-state index in [9.17, 15) is 13.6 Å². The predicted octanol–water partition coefficient (Wildman–Crippen LogP) is 9.00. The molecule has 9 heteroatoms. The van der Waals surface area contributed by atoms with Gasteiger partial charge in [0.15, 0.2) is 0 Å². The van der Waals surface area contributed by atoms with Gasteiger partial charge in [-0.1, -0.05) is 86.9 Å². The highest BCUT2D eigenvalue weighted by Gasteiger charge is 2.21. The monoisotopic (exact) mass is 641 g/mol. The number of allylic oxidation sites excluding steroid dienone is 2. The standard InChI is InChI=1S/C31H40F2N5OP.C3H8.C2H6/c1-5-6-10-28-22(3)40-29(19-34-28)35-21(2)23-8-7-9-26(17-23)36-31(39)24-11-12-25(27(18-24)30(32)33)20-38-15-13-37(4)14-16-38;1-3-2;1-2/h7-12,17-19,21,29-30,35,40H,3,5-6,13-16,20H2,1-2,4H3,(H,36,39);3H2,1-2H3;1-2H3/b28-10+;;. The van der Waals surface area contributed by atoms with Gasteiger partial charge in [-0.05, 0) is 61.1 Å². The number of carbonyl (C=O) groups is 1. The van der Waals surface area contributed by atoms with Crippen molar-refractivity contribution in [1.82, 2.24) is 15.1 Å². The average molecular weight is 642 g/mol. The Morgan fingerprint density at radius 2 is 1.80 bits per heavy atom. The van der Waals surface area contributed by atoms with Crippen molar-refractivity contribution < 1.29 is 13.6 Å². The highest BCUT2D eigenvalue weighted by molar-refractivity contribution is 7.45. The summed E-state index contributed by atoms with van der Waals surface area (Å²) in [6.07, 6.45) is 4.77. The number of alkyl halides is 2. The van der Waals surface area contributed by atoms with Gasteiger partial charge < -0.3 is 10.2 Å². The van der Waals surface area contributed by atoms with Crippen molar-refractivity contribution in [2.24, 2.45) is 4.99 Å². The summed E-state index contributed by atoms with van der Waals surface area (Å²) in [5, 5.41) is 7.53. The van der Waals surface area contributed by atoms with Gasteiger partial charge in [-0.25, -0.2) is 8.78 Å². The molecule has 45 heavy (non-hydrogen) atoms. The van der Waals surface area contributed by atoms with E-state index in [-0.39, 0.29) is 23.0 Å². The first-order valence-electron chi connectivity index (χ1n) is 16.3. The van der Waals surface area contributed by atoms with Gasteiger partial charge in [0.1, 0.15) is 0 Å². The van der Waals surface area contributed by atoms with Crippen LogP contribution in [0.4, 0.5) is 14.5 Å². The van der Waals surface area contributed by atoms with Crippen molar-refractivity contribution in [3.8, 4) is 0 Å². The Labute approximate surface area is 272 Å². The number of nitrogens with one attached hydrogen (secondary N) is 2. The predicted molar refractivity (Wildman–Crippen MR) is 190 cm³/mol. The highest BCUT2D eigenvalue weighted by atomic mass is 31.1. The summed E-state index contributed by atoms with van der Waals surface area (Å²) in [5.74, 6) is -0.314. The molecule has 3 atom stereocenters. The quantitative estimate of drug-likeness (QED) is 0.254. The lowest BCUT2D eigenvalue weighted by atomic mass is 10.0. The zero-order chi connectivity index (χ0) is 33.4. The molecule has 1 amide bonds. The molecule has 0 aromatic heterocycles. The molecule has 248 valence electrons. The van der Waals surface area contributed by atoms with Gasteiger partial charge >= 0.3 is 0 Å². The van der Waals surface area contributed by atoms with E-state index < -0.39 is 12.3 Å². The second-order valence-electron chi connectivity index (χ2n) is 11.2. The molecule has 0 aliphatic carbocycles. The summed E-state index contributed by atoms with van der Waals surface area (Å²) >= 11 is 0. The minimum Gasteiger partial charge on any atom is -0.322 e. The summed E-state index contributed by atoms with van der Waals surface area (Å²) in [7, 11) is 2.57. The van der Waals surface area contributed by atoms with Crippen LogP contribution in [-0.2, 0) is 6.54 Å². The summed E-state index contributed by atoms with van der Waals surface area (Å²) in [4.78, 5) is 22.1. The number of amides is 1. The smallest absolute Gasteiger partial charge is 0.264 e. The van der Waals surface area contributed by atoms with Crippen LogP contribution < -0.4 is 10.6 Å². The fourth-order valence-electron chi connectivity index (χ4n) is 4.86. The van der Waals surface area contributed by atoms with Crippen molar-refractivity contribution in [2.75, 3.05) is 38.5 Å².